The van der Waals surface area contributed by atoms with E-state index in [1.807, 2.05) is 18.2 Å². The van der Waals surface area contributed by atoms with Crippen molar-refractivity contribution in [3.8, 4) is 23.3 Å². The largest absolute Gasteiger partial charge is 0.497 e. The van der Waals surface area contributed by atoms with Crippen molar-refractivity contribution in [2.24, 2.45) is 0 Å². The van der Waals surface area contributed by atoms with Crippen molar-refractivity contribution >= 4 is 0 Å². The zero-order valence-corrected chi connectivity index (χ0v) is 15.8. The molecule has 0 atom stereocenters. The van der Waals surface area contributed by atoms with Crippen LogP contribution in [0.1, 0.15) is 16.7 Å². The Bertz CT molecular complexity index is 849. The lowest BCUT2D eigenvalue weighted by atomic mass is 10.1. The van der Waals surface area contributed by atoms with Crippen LogP contribution in [0.25, 0.3) is 0 Å². The van der Waals surface area contributed by atoms with Gasteiger partial charge in [0.2, 0.25) is 0 Å². The lowest BCUT2D eigenvalue weighted by Gasteiger charge is -2.19. The van der Waals surface area contributed by atoms with Crippen LogP contribution in [0.15, 0.2) is 55.1 Å². The summed E-state index contributed by atoms with van der Waals surface area (Å²) in [7, 11) is 3.19. The van der Waals surface area contributed by atoms with E-state index in [9.17, 15) is 13.2 Å². The van der Waals surface area contributed by atoms with Crippen LogP contribution in [0.2, 0.25) is 0 Å². The van der Waals surface area contributed by atoms with E-state index < -0.39 is 11.7 Å². The third-order valence-corrected chi connectivity index (χ3v) is 4.02. The Morgan fingerprint density at radius 1 is 1.07 bits per heavy atom. The van der Waals surface area contributed by atoms with E-state index in [1.165, 1.54) is 12.1 Å². The van der Waals surface area contributed by atoms with Crippen LogP contribution in [0.3, 0.4) is 0 Å². The summed E-state index contributed by atoms with van der Waals surface area (Å²) in [5, 5.41) is 0. The third kappa shape index (κ3) is 6.07. The van der Waals surface area contributed by atoms with Gasteiger partial charge in [0.05, 0.1) is 26.3 Å². The van der Waals surface area contributed by atoms with Crippen LogP contribution in [0.4, 0.5) is 13.2 Å². The second-order valence-electron chi connectivity index (χ2n) is 6.01. The third-order valence-electron chi connectivity index (χ3n) is 4.02. The molecule has 0 spiro atoms. The fourth-order valence-corrected chi connectivity index (χ4v) is 2.59. The highest BCUT2D eigenvalue weighted by Gasteiger charge is 2.29. The van der Waals surface area contributed by atoms with Crippen molar-refractivity contribution < 1.29 is 22.6 Å². The summed E-state index contributed by atoms with van der Waals surface area (Å²) in [6.45, 7) is 5.39. The van der Waals surface area contributed by atoms with Gasteiger partial charge in [-0.05, 0) is 30.3 Å². The molecule has 0 amide bonds. The van der Waals surface area contributed by atoms with Crippen LogP contribution in [-0.2, 0) is 12.7 Å². The molecule has 28 heavy (non-hydrogen) atoms. The maximum atomic E-state index is 12.6. The van der Waals surface area contributed by atoms with Gasteiger partial charge in [0.15, 0.2) is 0 Å². The lowest BCUT2D eigenvalue weighted by molar-refractivity contribution is -0.137. The molecule has 0 unspecified atom stereocenters. The number of rotatable bonds is 7. The normalized spacial score (nSPS) is 10.9. The smallest absolute Gasteiger partial charge is 0.416 e. The molecule has 2 aromatic rings. The van der Waals surface area contributed by atoms with E-state index in [0.29, 0.717) is 36.7 Å². The Morgan fingerprint density at radius 2 is 1.79 bits per heavy atom. The van der Waals surface area contributed by atoms with Crippen LogP contribution >= 0.6 is 0 Å². The van der Waals surface area contributed by atoms with E-state index >= 15 is 0 Å². The first kappa shape index (κ1) is 21.4. The number of methoxy groups -OCH3 is 2. The van der Waals surface area contributed by atoms with Crippen molar-refractivity contribution in [2.75, 3.05) is 27.3 Å². The van der Waals surface area contributed by atoms with Gasteiger partial charge in [0.25, 0.3) is 0 Å². The lowest BCUT2D eigenvalue weighted by Crippen LogP contribution is -2.24. The second-order valence-corrected chi connectivity index (χ2v) is 6.01. The van der Waals surface area contributed by atoms with E-state index in [1.54, 1.807) is 20.3 Å². The number of nitrogens with zero attached hydrogens (tertiary/aromatic N) is 1. The summed E-state index contributed by atoms with van der Waals surface area (Å²) in [5.74, 6) is 7.33. The second kappa shape index (κ2) is 9.86. The maximum Gasteiger partial charge on any atom is 0.416 e. The number of alkyl halides is 3. The monoisotopic (exact) mass is 389 g/mol. The molecule has 0 fully saturated rings. The molecule has 0 aliphatic heterocycles. The van der Waals surface area contributed by atoms with Gasteiger partial charge in [-0.1, -0.05) is 24.0 Å². The minimum absolute atomic E-state index is 0.433. The first-order chi connectivity index (χ1) is 13.4. The quantitative estimate of drug-likeness (QED) is 0.503. The molecule has 0 heterocycles. The molecule has 0 saturated carbocycles. The molecular weight excluding hydrogens is 367 g/mol. The Kier molecular flexibility index (Phi) is 7.53. The molecule has 148 valence electrons. The van der Waals surface area contributed by atoms with Crippen LogP contribution in [-0.4, -0.2) is 32.2 Å². The molecule has 0 N–H and O–H groups in total. The SMILES string of the molecule is C=CCN(CC#Cc1ccc(C(F)(F)F)cc1)Cc1ccc(OC)cc1OC. The number of hydrogen-bond acceptors (Lipinski definition) is 3. The molecule has 0 aliphatic carbocycles. The minimum Gasteiger partial charge on any atom is -0.497 e. The average molecular weight is 389 g/mol. The standard InChI is InChI=1S/C22H22F3NO2/c1-4-13-26(16-18-9-12-20(27-2)15-21(18)28-3)14-5-6-17-7-10-19(11-8-17)22(23,24)25/h4,7-12,15H,1,13-14,16H2,2-3H3. The zero-order chi connectivity index (χ0) is 20.6. The van der Waals surface area contributed by atoms with Crippen molar-refractivity contribution in [3.63, 3.8) is 0 Å². The summed E-state index contributed by atoms with van der Waals surface area (Å²) in [5.41, 5.74) is 0.827. The zero-order valence-electron chi connectivity index (χ0n) is 15.8. The predicted octanol–water partition coefficient (Wildman–Crippen LogP) is 4.76. The Morgan fingerprint density at radius 3 is 2.36 bits per heavy atom. The number of ether oxygens (including phenoxy) is 2. The molecule has 0 radical (unpaired) electrons. The van der Waals surface area contributed by atoms with E-state index in [2.05, 4.69) is 23.3 Å². The highest BCUT2D eigenvalue weighted by molar-refractivity contribution is 5.41. The molecule has 3 nitrogen and oxygen atoms in total. The number of hydrogen-bond donors (Lipinski definition) is 0. The Labute approximate surface area is 163 Å². The molecule has 0 saturated heterocycles. The van der Waals surface area contributed by atoms with E-state index in [-0.39, 0.29) is 0 Å². The highest BCUT2D eigenvalue weighted by Crippen LogP contribution is 2.29. The molecule has 6 heteroatoms. The fraction of sp³-hybridized carbons (Fsp3) is 0.273. The molecule has 0 aliphatic rings. The molecular formula is C22H22F3NO2. The van der Waals surface area contributed by atoms with Crippen LogP contribution in [0, 0.1) is 11.8 Å². The topological polar surface area (TPSA) is 21.7 Å². The van der Waals surface area contributed by atoms with Gasteiger partial charge >= 0.3 is 6.18 Å². The van der Waals surface area contributed by atoms with Crippen LogP contribution in [0.5, 0.6) is 11.5 Å². The fourth-order valence-electron chi connectivity index (χ4n) is 2.59. The van der Waals surface area contributed by atoms with Gasteiger partial charge in [0.1, 0.15) is 11.5 Å². The van der Waals surface area contributed by atoms with Crippen molar-refractivity contribution in [3.05, 3.63) is 71.8 Å². The first-order valence-electron chi connectivity index (χ1n) is 8.57. The van der Waals surface area contributed by atoms with Crippen molar-refractivity contribution in [1.29, 1.82) is 0 Å². The number of halogens is 3. The molecule has 2 aromatic carbocycles. The minimum atomic E-state index is -4.34. The summed E-state index contributed by atoms with van der Waals surface area (Å²) in [6.07, 6.45) is -2.57. The Hall–Kier alpha value is -2.91. The average Bonchev–Trinajstić information content (AvgIpc) is 2.68. The van der Waals surface area contributed by atoms with Gasteiger partial charge in [-0.2, -0.15) is 13.2 Å². The summed E-state index contributed by atoms with van der Waals surface area (Å²) >= 11 is 0. The van der Waals surface area contributed by atoms with Gasteiger partial charge in [-0.25, -0.2) is 0 Å². The van der Waals surface area contributed by atoms with Gasteiger partial charge in [-0.15, -0.1) is 6.58 Å². The van der Waals surface area contributed by atoms with Crippen LogP contribution < -0.4 is 9.47 Å². The van der Waals surface area contributed by atoms with Crippen molar-refractivity contribution in [2.45, 2.75) is 12.7 Å². The molecule has 0 aromatic heterocycles. The van der Waals surface area contributed by atoms with E-state index in [0.717, 1.165) is 17.7 Å². The molecule has 2 rings (SSSR count). The predicted molar refractivity (Wildman–Crippen MR) is 103 cm³/mol. The maximum absolute atomic E-state index is 12.6. The Balaban J connectivity index is 2.08. The highest BCUT2D eigenvalue weighted by atomic mass is 19.4. The van der Waals surface area contributed by atoms with E-state index in [4.69, 9.17) is 9.47 Å². The first-order valence-corrected chi connectivity index (χ1v) is 8.57. The van der Waals surface area contributed by atoms with Gasteiger partial charge in [0, 0.05) is 30.3 Å². The van der Waals surface area contributed by atoms with Crippen molar-refractivity contribution in [1.82, 2.24) is 4.90 Å². The summed E-state index contributed by atoms with van der Waals surface area (Å²) in [6, 6.07) is 10.4. The van der Waals surface area contributed by atoms with Gasteiger partial charge < -0.3 is 9.47 Å². The summed E-state index contributed by atoms with van der Waals surface area (Å²) < 4.78 is 48.4. The summed E-state index contributed by atoms with van der Waals surface area (Å²) in [4.78, 5) is 2.05. The number of benzene rings is 2. The van der Waals surface area contributed by atoms with Gasteiger partial charge in [-0.3, -0.25) is 4.90 Å². The molecule has 0 bridgehead atoms.